The highest BCUT2D eigenvalue weighted by molar-refractivity contribution is 5.73. The number of hydrogen-bond donors (Lipinski definition) is 3. The summed E-state index contributed by atoms with van der Waals surface area (Å²) in [6.07, 6.45) is 4.50. The quantitative estimate of drug-likeness (QED) is 0.466. The first-order valence-corrected chi connectivity index (χ1v) is 12.7. The van der Waals surface area contributed by atoms with Gasteiger partial charge in [0.2, 0.25) is 5.91 Å². The van der Waals surface area contributed by atoms with Crippen LogP contribution in [0.4, 0.5) is 8.78 Å². The van der Waals surface area contributed by atoms with E-state index < -0.39 is 23.8 Å². The highest BCUT2D eigenvalue weighted by atomic mass is 19.1. The summed E-state index contributed by atoms with van der Waals surface area (Å²) >= 11 is 0. The Morgan fingerprint density at radius 2 is 1.66 bits per heavy atom. The highest BCUT2D eigenvalue weighted by Gasteiger charge is 2.35. The number of carbonyl (C=O) groups is 1. The fraction of sp³-hybridized carbons (Fsp3) is 0.552. The van der Waals surface area contributed by atoms with E-state index in [9.17, 15) is 18.7 Å². The van der Waals surface area contributed by atoms with Crippen molar-refractivity contribution in [2.75, 3.05) is 6.54 Å². The summed E-state index contributed by atoms with van der Waals surface area (Å²) in [4.78, 5) is 11.9. The standard InChI is InChI=1S/C29H40F2N2O2/c1-19-11-22(28(3,4)5)16-23(12-19)29(9-7-6-8-10-29)32-18-27(35)26(33-20(2)34)15-21-13-24(30)17-25(31)14-21/h11-14,16-17,26-27,32,35H,6-10,15,18H2,1-5H3,(H,33,34). The molecule has 0 aromatic heterocycles. The third-order valence-electron chi connectivity index (χ3n) is 7.08. The molecule has 1 saturated carbocycles. The molecule has 0 heterocycles. The molecular formula is C29H40F2N2O2. The number of aryl methyl sites for hydroxylation is 1. The maximum atomic E-state index is 13.7. The van der Waals surface area contributed by atoms with E-state index in [4.69, 9.17) is 0 Å². The molecular weight excluding hydrogens is 446 g/mol. The number of amides is 1. The van der Waals surface area contributed by atoms with Crippen LogP contribution in [-0.4, -0.2) is 29.7 Å². The molecule has 1 fully saturated rings. The molecule has 3 rings (SSSR count). The summed E-state index contributed by atoms with van der Waals surface area (Å²) in [7, 11) is 0. The minimum Gasteiger partial charge on any atom is -0.390 e. The first kappa shape index (κ1) is 27.3. The number of aliphatic hydroxyl groups is 1. The van der Waals surface area contributed by atoms with Crippen molar-refractivity contribution in [2.45, 2.75) is 96.2 Å². The predicted molar refractivity (Wildman–Crippen MR) is 136 cm³/mol. The Hall–Kier alpha value is -2.31. The Morgan fingerprint density at radius 3 is 2.23 bits per heavy atom. The van der Waals surface area contributed by atoms with Crippen molar-refractivity contribution in [3.8, 4) is 0 Å². The molecule has 1 aliphatic carbocycles. The van der Waals surface area contributed by atoms with E-state index in [1.54, 1.807) is 0 Å². The van der Waals surface area contributed by atoms with Crippen LogP contribution in [-0.2, 0) is 22.2 Å². The van der Waals surface area contributed by atoms with Crippen molar-refractivity contribution in [3.63, 3.8) is 0 Å². The van der Waals surface area contributed by atoms with Crippen LogP contribution >= 0.6 is 0 Å². The summed E-state index contributed by atoms with van der Waals surface area (Å²) < 4.78 is 27.4. The molecule has 0 bridgehead atoms. The smallest absolute Gasteiger partial charge is 0.217 e. The topological polar surface area (TPSA) is 61.4 Å². The zero-order valence-corrected chi connectivity index (χ0v) is 21.7. The maximum Gasteiger partial charge on any atom is 0.217 e. The van der Waals surface area contributed by atoms with Gasteiger partial charge in [0.15, 0.2) is 0 Å². The van der Waals surface area contributed by atoms with Gasteiger partial charge in [-0.15, -0.1) is 0 Å². The van der Waals surface area contributed by atoms with Crippen molar-refractivity contribution >= 4 is 5.91 Å². The maximum absolute atomic E-state index is 13.7. The molecule has 0 spiro atoms. The zero-order valence-electron chi connectivity index (χ0n) is 21.7. The monoisotopic (exact) mass is 486 g/mol. The van der Waals surface area contributed by atoms with Crippen LogP contribution < -0.4 is 10.6 Å². The Bertz CT molecular complexity index is 1010. The van der Waals surface area contributed by atoms with Crippen molar-refractivity contribution < 1.29 is 18.7 Å². The van der Waals surface area contributed by atoms with Gasteiger partial charge in [-0.3, -0.25) is 4.79 Å². The minimum absolute atomic E-state index is 0.0207. The predicted octanol–water partition coefficient (Wildman–Crippen LogP) is 5.43. The molecule has 2 atom stereocenters. The molecule has 2 unspecified atom stereocenters. The van der Waals surface area contributed by atoms with Crippen molar-refractivity contribution in [2.24, 2.45) is 0 Å². The number of carbonyl (C=O) groups excluding carboxylic acids is 1. The summed E-state index contributed by atoms with van der Waals surface area (Å²) in [5.74, 6) is -1.65. The molecule has 3 N–H and O–H groups in total. The summed E-state index contributed by atoms with van der Waals surface area (Å²) in [6, 6.07) is 9.38. The Labute approximate surface area is 208 Å². The van der Waals surface area contributed by atoms with Crippen LogP contribution in [0.5, 0.6) is 0 Å². The van der Waals surface area contributed by atoms with Gasteiger partial charge in [0.25, 0.3) is 0 Å². The van der Waals surface area contributed by atoms with Crippen LogP contribution in [0.15, 0.2) is 36.4 Å². The van der Waals surface area contributed by atoms with E-state index in [1.165, 1.54) is 42.2 Å². The van der Waals surface area contributed by atoms with Gasteiger partial charge in [0.1, 0.15) is 11.6 Å². The fourth-order valence-electron chi connectivity index (χ4n) is 5.18. The van der Waals surface area contributed by atoms with Gasteiger partial charge < -0.3 is 15.7 Å². The second-order valence-corrected chi connectivity index (χ2v) is 11.2. The molecule has 0 saturated heterocycles. The Balaban J connectivity index is 1.84. The van der Waals surface area contributed by atoms with Crippen molar-refractivity contribution in [1.29, 1.82) is 0 Å². The lowest BCUT2D eigenvalue weighted by Crippen LogP contribution is -2.53. The molecule has 192 valence electrons. The minimum atomic E-state index is -0.934. The van der Waals surface area contributed by atoms with E-state index in [-0.39, 0.29) is 29.8 Å². The third kappa shape index (κ3) is 7.34. The summed E-state index contributed by atoms with van der Waals surface area (Å²) in [6.45, 7) is 10.4. The fourth-order valence-corrected chi connectivity index (χ4v) is 5.18. The average Bonchev–Trinajstić information content (AvgIpc) is 2.75. The number of halogens is 2. The lowest BCUT2D eigenvalue weighted by molar-refractivity contribution is -0.120. The zero-order chi connectivity index (χ0) is 25.8. The lowest BCUT2D eigenvalue weighted by atomic mass is 9.74. The van der Waals surface area contributed by atoms with Gasteiger partial charge >= 0.3 is 0 Å². The molecule has 2 aromatic rings. The number of nitrogens with one attached hydrogen (secondary N) is 2. The van der Waals surface area contributed by atoms with Gasteiger partial charge in [0.05, 0.1) is 12.1 Å². The second-order valence-electron chi connectivity index (χ2n) is 11.2. The van der Waals surface area contributed by atoms with Gasteiger partial charge in [-0.2, -0.15) is 0 Å². The Kier molecular flexibility index (Phi) is 8.71. The van der Waals surface area contributed by atoms with Crippen LogP contribution in [0.2, 0.25) is 0 Å². The van der Waals surface area contributed by atoms with Gasteiger partial charge in [-0.1, -0.05) is 63.8 Å². The summed E-state index contributed by atoms with van der Waals surface area (Å²) in [5.41, 5.74) is 3.87. The SMILES string of the molecule is CC(=O)NC(Cc1cc(F)cc(F)c1)C(O)CNC1(c2cc(C)cc(C(C)(C)C)c2)CCCCC1. The van der Waals surface area contributed by atoms with Crippen LogP contribution in [0.1, 0.15) is 82.1 Å². The molecule has 4 nitrogen and oxygen atoms in total. The molecule has 0 radical (unpaired) electrons. The Morgan fingerprint density at radius 1 is 1.03 bits per heavy atom. The van der Waals surface area contributed by atoms with Crippen LogP contribution in [0.25, 0.3) is 0 Å². The van der Waals surface area contributed by atoms with Crippen molar-refractivity contribution in [3.05, 3.63) is 70.3 Å². The average molecular weight is 487 g/mol. The molecule has 35 heavy (non-hydrogen) atoms. The molecule has 0 aliphatic heterocycles. The van der Waals surface area contributed by atoms with E-state index >= 15 is 0 Å². The van der Waals surface area contributed by atoms with E-state index in [2.05, 4.69) is 56.5 Å². The van der Waals surface area contributed by atoms with Crippen LogP contribution in [0.3, 0.4) is 0 Å². The normalized spacial score (nSPS) is 17.6. The van der Waals surface area contributed by atoms with E-state index in [1.807, 2.05) is 0 Å². The first-order chi connectivity index (χ1) is 16.4. The van der Waals surface area contributed by atoms with Gasteiger partial charge in [-0.25, -0.2) is 8.78 Å². The molecule has 1 aliphatic rings. The van der Waals surface area contributed by atoms with E-state index in [0.717, 1.165) is 31.7 Å². The number of aliphatic hydroxyl groups excluding tert-OH is 1. The van der Waals surface area contributed by atoms with Gasteiger partial charge in [-0.05, 0) is 60.4 Å². The van der Waals surface area contributed by atoms with Crippen LogP contribution in [0, 0.1) is 18.6 Å². The number of benzene rings is 2. The number of hydrogen-bond acceptors (Lipinski definition) is 3. The molecule has 1 amide bonds. The molecule has 2 aromatic carbocycles. The second kappa shape index (κ2) is 11.2. The third-order valence-corrected chi connectivity index (χ3v) is 7.08. The highest BCUT2D eigenvalue weighted by Crippen LogP contribution is 2.39. The largest absolute Gasteiger partial charge is 0.390 e. The van der Waals surface area contributed by atoms with Gasteiger partial charge in [0, 0.05) is 25.1 Å². The molecule has 6 heteroatoms. The summed E-state index contributed by atoms with van der Waals surface area (Å²) in [5, 5.41) is 17.6. The van der Waals surface area contributed by atoms with Crippen molar-refractivity contribution in [1.82, 2.24) is 10.6 Å². The number of rotatable bonds is 8. The lowest BCUT2D eigenvalue weighted by Gasteiger charge is -2.41. The first-order valence-electron chi connectivity index (χ1n) is 12.7. The van der Waals surface area contributed by atoms with E-state index in [0.29, 0.717) is 5.56 Å².